The minimum atomic E-state index is 0.799. The number of hydrogen-bond acceptors (Lipinski definition) is 2. The Labute approximate surface area is 85.7 Å². The molecule has 2 nitrogen and oxygen atoms in total. The second-order valence-electron chi connectivity index (χ2n) is 3.87. The molecule has 0 saturated heterocycles. The summed E-state index contributed by atoms with van der Waals surface area (Å²) in [6.07, 6.45) is 4.14. The van der Waals surface area contributed by atoms with E-state index >= 15 is 0 Å². The topological polar surface area (TPSA) is 24.1 Å². The number of para-hydroxylation sites is 1. The van der Waals surface area contributed by atoms with Gasteiger partial charge in [-0.3, -0.25) is 0 Å². The van der Waals surface area contributed by atoms with E-state index in [4.69, 9.17) is 0 Å². The van der Waals surface area contributed by atoms with Crippen LogP contribution in [0.25, 0.3) is 0 Å². The smallest absolute Gasteiger partial charge is 0.0340 e. The van der Waals surface area contributed by atoms with Crippen LogP contribution in [0.3, 0.4) is 0 Å². The maximum absolute atomic E-state index is 3.53. The molecule has 14 heavy (non-hydrogen) atoms. The Morgan fingerprint density at radius 1 is 1.07 bits per heavy atom. The fourth-order valence-corrected chi connectivity index (χ4v) is 1.65. The molecule has 1 aliphatic rings. The second kappa shape index (κ2) is 5.01. The van der Waals surface area contributed by atoms with E-state index in [-0.39, 0.29) is 0 Å². The molecule has 2 heteroatoms. The molecule has 0 spiro atoms. The molecule has 1 aromatic rings. The van der Waals surface area contributed by atoms with Gasteiger partial charge in [0.2, 0.25) is 0 Å². The van der Waals surface area contributed by atoms with Crippen LogP contribution in [0.1, 0.15) is 19.3 Å². The molecule has 0 amide bonds. The maximum Gasteiger partial charge on any atom is 0.0340 e. The largest absolute Gasteiger partial charge is 0.384 e. The lowest BCUT2D eigenvalue weighted by molar-refractivity contribution is 0.345. The Morgan fingerprint density at radius 3 is 2.50 bits per heavy atom. The molecule has 2 N–H and O–H groups in total. The molecule has 1 fully saturated rings. The number of benzene rings is 1. The van der Waals surface area contributed by atoms with Gasteiger partial charge in [-0.05, 0) is 25.0 Å². The molecule has 2 rings (SSSR count). The minimum Gasteiger partial charge on any atom is -0.384 e. The summed E-state index contributed by atoms with van der Waals surface area (Å²) in [6, 6.07) is 11.2. The molecule has 1 aliphatic carbocycles. The summed E-state index contributed by atoms with van der Waals surface area (Å²) in [5.41, 5.74) is 1.21. The minimum absolute atomic E-state index is 0.799. The van der Waals surface area contributed by atoms with Gasteiger partial charge in [-0.1, -0.05) is 24.6 Å². The van der Waals surface area contributed by atoms with E-state index in [9.17, 15) is 0 Å². The third-order valence-corrected chi connectivity index (χ3v) is 2.77. The molecule has 1 saturated carbocycles. The van der Waals surface area contributed by atoms with Crippen LogP contribution in [0, 0.1) is 0 Å². The molecule has 76 valence electrons. The second-order valence-corrected chi connectivity index (χ2v) is 3.87. The summed E-state index contributed by atoms with van der Waals surface area (Å²) in [6.45, 7) is 2.08. The van der Waals surface area contributed by atoms with Crippen molar-refractivity contribution < 1.29 is 0 Å². The summed E-state index contributed by atoms with van der Waals surface area (Å²) in [5, 5.41) is 6.91. The van der Waals surface area contributed by atoms with Gasteiger partial charge in [0.25, 0.3) is 0 Å². The first-order chi connectivity index (χ1) is 6.95. The van der Waals surface area contributed by atoms with Crippen LogP contribution in [-0.2, 0) is 0 Å². The van der Waals surface area contributed by atoms with E-state index in [1.165, 1.54) is 24.9 Å². The average Bonchev–Trinajstić information content (AvgIpc) is 2.16. The first-order valence-corrected chi connectivity index (χ1v) is 5.47. The number of hydrogen-bond donors (Lipinski definition) is 2. The Bertz CT molecular complexity index is 254. The molecule has 1 aromatic carbocycles. The van der Waals surface area contributed by atoms with Crippen LogP contribution < -0.4 is 10.6 Å². The Morgan fingerprint density at radius 2 is 1.86 bits per heavy atom. The lowest BCUT2D eigenvalue weighted by atomic mass is 9.93. The van der Waals surface area contributed by atoms with Crippen LogP contribution in [0.2, 0.25) is 0 Å². The molecule has 0 heterocycles. The third-order valence-electron chi connectivity index (χ3n) is 2.77. The van der Waals surface area contributed by atoms with E-state index in [0.29, 0.717) is 0 Å². The zero-order valence-corrected chi connectivity index (χ0v) is 8.50. The first kappa shape index (κ1) is 9.53. The van der Waals surface area contributed by atoms with Crippen molar-refractivity contribution in [2.45, 2.75) is 25.3 Å². The molecule has 0 unspecified atom stereocenters. The van der Waals surface area contributed by atoms with E-state index < -0.39 is 0 Å². The Hall–Kier alpha value is -1.02. The summed E-state index contributed by atoms with van der Waals surface area (Å²) < 4.78 is 0. The highest BCUT2D eigenvalue weighted by Crippen LogP contribution is 2.17. The van der Waals surface area contributed by atoms with Gasteiger partial charge in [-0.15, -0.1) is 0 Å². The van der Waals surface area contributed by atoms with Gasteiger partial charge in [0.1, 0.15) is 0 Å². The van der Waals surface area contributed by atoms with Crippen molar-refractivity contribution in [1.82, 2.24) is 5.32 Å². The molecule has 0 aliphatic heterocycles. The quantitative estimate of drug-likeness (QED) is 0.696. The normalized spacial score (nSPS) is 16.3. The highest BCUT2D eigenvalue weighted by Gasteiger charge is 2.15. The Kier molecular flexibility index (Phi) is 3.41. The van der Waals surface area contributed by atoms with E-state index in [1.807, 2.05) is 6.07 Å². The number of anilines is 1. The van der Waals surface area contributed by atoms with Crippen molar-refractivity contribution in [1.29, 1.82) is 0 Å². The van der Waals surface area contributed by atoms with E-state index in [0.717, 1.165) is 19.1 Å². The predicted octanol–water partition coefficient (Wildman–Crippen LogP) is 2.24. The van der Waals surface area contributed by atoms with Gasteiger partial charge in [0.15, 0.2) is 0 Å². The highest BCUT2D eigenvalue weighted by atomic mass is 15.0. The van der Waals surface area contributed by atoms with Crippen LogP contribution >= 0.6 is 0 Å². The fourth-order valence-electron chi connectivity index (χ4n) is 1.65. The lowest BCUT2D eigenvalue weighted by Crippen LogP contribution is -2.37. The highest BCUT2D eigenvalue weighted by molar-refractivity contribution is 5.42. The predicted molar refractivity (Wildman–Crippen MR) is 60.6 cm³/mol. The standard InChI is InChI=1S/C12H18N2/c1-2-5-11(6-3-1)13-9-10-14-12-7-4-8-12/h1-3,5-6,12-14H,4,7-10H2. The zero-order valence-electron chi connectivity index (χ0n) is 8.50. The molecular formula is C12H18N2. The van der Waals surface area contributed by atoms with Crippen molar-refractivity contribution in [3.05, 3.63) is 30.3 Å². The van der Waals surface area contributed by atoms with Crippen LogP contribution in [0.5, 0.6) is 0 Å². The molecule has 0 bridgehead atoms. The third kappa shape index (κ3) is 2.74. The zero-order chi connectivity index (χ0) is 9.64. The molecular weight excluding hydrogens is 172 g/mol. The van der Waals surface area contributed by atoms with Gasteiger partial charge in [0.05, 0.1) is 0 Å². The molecule has 0 atom stereocenters. The van der Waals surface area contributed by atoms with E-state index in [1.54, 1.807) is 0 Å². The van der Waals surface area contributed by atoms with Gasteiger partial charge >= 0.3 is 0 Å². The first-order valence-electron chi connectivity index (χ1n) is 5.47. The van der Waals surface area contributed by atoms with E-state index in [2.05, 4.69) is 34.9 Å². The molecule has 0 radical (unpaired) electrons. The summed E-state index contributed by atoms with van der Waals surface area (Å²) in [5.74, 6) is 0. The van der Waals surface area contributed by atoms with Gasteiger partial charge < -0.3 is 10.6 Å². The summed E-state index contributed by atoms with van der Waals surface area (Å²) in [4.78, 5) is 0. The fraction of sp³-hybridized carbons (Fsp3) is 0.500. The average molecular weight is 190 g/mol. The van der Waals surface area contributed by atoms with Crippen molar-refractivity contribution >= 4 is 5.69 Å². The summed E-state index contributed by atoms with van der Waals surface area (Å²) >= 11 is 0. The van der Waals surface area contributed by atoms with Gasteiger partial charge in [-0.2, -0.15) is 0 Å². The van der Waals surface area contributed by atoms with Gasteiger partial charge in [-0.25, -0.2) is 0 Å². The maximum atomic E-state index is 3.53. The van der Waals surface area contributed by atoms with Crippen molar-refractivity contribution in [2.24, 2.45) is 0 Å². The number of nitrogens with one attached hydrogen (secondary N) is 2. The SMILES string of the molecule is c1ccc(NCCNC2CCC2)cc1. The van der Waals surface area contributed by atoms with Crippen molar-refractivity contribution in [2.75, 3.05) is 18.4 Å². The van der Waals surface area contributed by atoms with Crippen LogP contribution in [0.15, 0.2) is 30.3 Å². The Balaban J connectivity index is 1.58. The van der Waals surface area contributed by atoms with Crippen LogP contribution in [0.4, 0.5) is 5.69 Å². The van der Waals surface area contributed by atoms with Crippen molar-refractivity contribution in [3.8, 4) is 0 Å². The van der Waals surface area contributed by atoms with Gasteiger partial charge in [0, 0.05) is 24.8 Å². The summed E-state index contributed by atoms with van der Waals surface area (Å²) in [7, 11) is 0. The lowest BCUT2D eigenvalue weighted by Gasteiger charge is -2.26. The van der Waals surface area contributed by atoms with Crippen LogP contribution in [-0.4, -0.2) is 19.1 Å². The van der Waals surface area contributed by atoms with Crippen molar-refractivity contribution in [3.63, 3.8) is 0 Å². The number of rotatable bonds is 5. The monoisotopic (exact) mass is 190 g/mol. The molecule has 0 aromatic heterocycles.